The Morgan fingerprint density at radius 1 is 1.38 bits per heavy atom. The van der Waals surface area contributed by atoms with Crippen molar-refractivity contribution in [3.8, 4) is 0 Å². The molecule has 0 aliphatic carbocycles. The fourth-order valence-electron chi connectivity index (χ4n) is 2.31. The zero-order valence-electron chi connectivity index (χ0n) is 9.07. The van der Waals surface area contributed by atoms with Crippen LogP contribution in [-0.2, 0) is 0 Å². The number of anilines is 1. The second kappa shape index (κ2) is 4.78. The summed E-state index contributed by atoms with van der Waals surface area (Å²) in [6, 6.07) is 7.41. The van der Waals surface area contributed by atoms with Crippen molar-refractivity contribution in [2.45, 2.75) is 18.8 Å². The Bertz CT molecular complexity index is 355. The normalized spacial score (nSPS) is 20.0. The average Bonchev–Trinajstić information content (AvgIpc) is 2.29. The molecule has 88 valence electrons. The van der Waals surface area contributed by atoms with Crippen LogP contribution in [-0.4, -0.2) is 26.1 Å². The molecule has 0 bridgehead atoms. The van der Waals surface area contributed by atoms with E-state index in [9.17, 15) is 8.78 Å². The highest BCUT2D eigenvalue weighted by Gasteiger charge is 2.30. The van der Waals surface area contributed by atoms with E-state index >= 15 is 0 Å². The second-order valence-electron chi connectivity index (χ2n) is 4.06. The van der Waals surface area contributed by atoms with Crippen molar-refractivity contribution in [2.24, 2.45) is 5.73 Å². The van der Waals surface area contributed by atoms with Crippen molar-refractivity contribution in [1.82, 2.24) is 0 Å². The first kappa shape index (κ1) is 11.3. The summed E-state index contributed by atoms with van der Waals surface area (Å²) >= 11 is 0. The van der Waals surface area contributed by atoms with Crippen LogP contribution < -0.4 is 10.6 Å². The lowest BCUT2D eigenvalue weighted by molar-refractivity contribution is 0.109. The number of hydrogen-bond acceptors (Lipinski definition) is 2. The number of para-hydroxylation sites is 1. The topological polar surface area (TPSA) is 29.3 Å². The molecule has 2 N–H and O–H groups in total. The standard InChI is InChI=1S/C12H16F2N2/c13-12(14)10-5-7-16(8-6-15)11-4-2-1-3-9(10)11/h1-4,10,12H,5-8,15H2/t10-/m1/s1. The molecule has 1 aromatic rings. The van der Waals surface area contributed by atoms with E-state index in [1.165, 1.54) is 0 Å². The number of nitrogens with zero attached hydrogens (tertiary/aromatic N) is 1. The van der Waals surface area contributed by atoms with Crippen molar-refractivity contribution >= 4 is 5.69 Å². The maximum atomic E-state index is 12.9. The molecule has 2 nitrogen and oxygen atoms in total. The lowest BCUT2D eigenvalue weighted by Gasteiger charge is -2.35. The summed E-state index contributed by atoms with van der Waals surface area (Å²) < 4.78 is 25.7. The summed E-state index contributed by atoms with van der Waals surface area (Å²) in [5, 5.41) is 0. The van der Waals surface area contributed by atoms with Crippen LogP contribution in [0.3, 0.4) is 0 Å². The number of nitrogens with two attached hydrogens (primary N) is 1. The van der Waals surface area contributed by atoms with E-state index in [0.717, 1.165) is 17.8 Å². The summed E-state index contributed by atoms with van der Waals surface area (Å²) in [7, 11) is 0. The van der Waals surface area contributed by atoms with E-state index < -0.39 is 12.3 Å². The summed E-state index contributed by atoms with van der Waals surface area (Å²) in [5.41, 5.74) is 7.20. The first-order chi connectivity index (χ1) is 7.74. The lowest BCUT2D eigenvalue weighted by atomic mass is 9.90. The molecule has 0 spiro atoms. The second-order valence-corrected chi connectivity index (χ2v) is 4.06. The summed E-state index contributed by atoms with van der Waals surface area (Å²) in [6.45, 7) is 1.95. The first-order valence-corrected chi connectivity index (χ1v) is 5.56. The van der Waals surface area contributed by atoms with Crippen molar-refractivity contribution in [2.75, 3.05) is 24.5 Å². The molecule has 0 amide bonds. The SMILES string of the molecule is NCCN1CC[C@@H](C(F)F)c2ccccc21. The summed E-state index contributed by atoms with van der Waals surface area (Å²) in [4.78, 5) is 2.09. The van der Waals surface area contributed by atoms with Gasteiger partial charge in [-0.2, -0.15) is 0 Å². The summed E-state index contributed by atoms with van der Waals surface area (Å²) in [6.07, 6.45) is -1.77. The van der Waals surface area contributed by atoms with Crippen molar-refractivity contribution in [3.05, 3.63) is 29.8 Å². The van der Waals surface area contributed by atoms with Gasteiger partial charge in [0.15, 0.2) is 0 Å². The fourth-order valence-corrected chi connectivity index (χ4v) is 2.31. The van der Waals surface area contributed by atoms with E-state index in [-0.39, 0.29) is 0 Å². The molecule has 0 fully saturated rings. The maximum absolute atomic E-state index is 12.9. The largest absolute Gasteiger partial charge is 0.370 e. The highest BCUT2D eigenvalue weighted by molar-refractivity contribution is 5.57. The molecular formula is C12H16F2N2. The Morgan fingerprint density at radius 3 is 2.81 bits per heavy atom. The number of rotatable bonds is 3. The number of hydrogen-bond donors (Lipinski definition) is 1. The molecule has 0 aromatic heterocycles. The zero-order valence-corrected chi connectivity index (χ0v) is 9.07. The Balaban J connectivity index is 2.32. The number of halogens is 2. The van der Waals surface area contributed by atoms with Crippen molar-refractivity contribution < 1.29 is 8.78 Å². The third-order valence-electron chi connectivity index (χ3n) is 3.09. The van der Waals surface area contributed by atoms with Crippen molar-refractivity contribution in [3.63, 3.8) is 0 Å². The van der Waals surface area contributed by atoms with Crippen LogP contribution >= 0.6 is 0 Å². The van der Waals surface area contributed by atoms with Crippen LogP contribution in [0.1, 0.15) is 17.9 Å². The van der Waals surface area contributed by atoms with Crippen LogP contribution in [0.25, 0.3) is 0 Å². The molecular weight excluding hydrogens is 210 g/mol. The van der Waals surface area contributed by atoms with E-state index in [0.29, 0.717) is 19.5 Å². The smallest absolute Gasteiger partial charge is 0.245 e. The maximum Gasteiger partial charge on any atom is 0.245 e. The highest BCUT2D eigenvalue weighted by atomic mass is 19.3. The van der Waals surface area contributed by atoms with Crippen molar-refractivity contribution in [1.29, 1.82) is 0 Å². The molecule has 16 heavy (non-hydrogen) atoms. The molecule has 0 saturated heterocycles. The lowest BCUT2D eigenvalue weighted by Crippen LogP contribution is -2.36. The van der Waals surface area contributed by atoms with Crippen LogP contribution in [0.15, 0.2) is 24.3 Å². The number of benzene rings is 1. The van der Waals surface area contributed by atoms with Gasteiger partial charge in [-0.3, -0.25) is 0 Å². The molecule has 1 aliphatic rings. The van der Waals surface area contributed by atoms with Crippen LogP contribution in [0.2, 0.25) is 0 Å². The average molecular weight is 226 g/mol. The third-order valence-corrected chi connectivity index (χ3v) is 3.09. The Morgan fingerprint density at radius 2 is 2.12 bits per heavy atom. The van der Waals surface area contributed by atoms with Gasteiger partial charge in [0, 0.05) is 31.2 Å². The van der Waals surface area contributed by atoms with E-state index in [1.807, 2.05) is 18.2 Å². The Labute approximate surface area is 94.0 Å². The molecule has 1 heterocycles. The minimum absolute atomic E-state index is 0.509. The van der Waals surface area contributed by atoms with Crippen LogP contribution in [0.4, 0.5) is 14.5 Å². The monoisotopic (exact) mass is 226 g/mol. The molecule has 0 saturated carbocycles. The molecule has 1 atom stereocenters. The van der Waals surface area contributed by atoms with Gasteiger partial charge in [-0.05, 0) is 18.1 Å². The predicted octanol–water partition coefficient (Wildman–Crippen LogP) is 2.20. The van der Waals surface area contributed by atoms with Gasteiger partial charge >= 0.3 is 0 Å². The molecule has 0 unspecified atom stereocenters. The first-order valence-electron chi connectivity index (χ1n) is 5.56. The van der Waals surface area contributed by atoms with Gasteiger partial charge in [-0.15, -0.1) is 0 Å². The van der Waals surface area contributed by atoms with Gasteiger partial charge in [0.2, 0.25) is 6.43 Å². The van der Waals surface area contributed by atoms with E-state index in [2.05, 4.69) is 4.90 Å². The number of fused-ring (bicyclic) bond motifs is 1. The summed E-state index contributed by atoms with van der Waals surface area (Å²) in [5.74, 6) is -0.620. The van der Waals surface area contributed by atoms with Crippen LogP contribution in [0, 0.1) is 0 Å². The van der Waals surface area contributed by atoms with Gasteiger partial charge in [-0.25, -0.2) is 8.78 Å². The zero-order chi connectivity index (χ0) is 11.5. The highest BCUT2D eigenvalue weighted by Crippen LogP contribution is 2.38. The third kappa shape index (κ3) is 2.02. The molecule has 0 radical (unpaired) electrons. The van der Waals surface area contributed by atoms with E-state index in [1.54, 1.807) is 6.07 Å². The number of alkyl halides is 2. The molecule has 1 aliphatic heterocycles. The van der Waals surface area contributed by atoms with Gasteiger partial charge in [0.25, 0.3) is 0 Å². The van der Waals surface area contributed by atoms with Gasteiger partial charge in [-0.1, -0.05) is 18.2 Å². The van der Waals surface area contributed by atoms with Gasteiger partial charge in [0.1, 0.15) is 0 Å². The molecule has 2 rings (SSSR count). The minimum atomic E-state index is -2.28. The quantitative estimate of drug-likeness (QED) is 0.856. The molecule has 4 heteroatoms. The molecule has 1 aromatic carbocycles. The Hall–Kier alpha value is -1.16. The fraction of sp³-hybridized carbons (Fsp3) is 0.500. The van der Waals surface area contributed by atoms with Crippen LogP contribution in [0.5, 0.6) is 0 Å². The van der Waals surface area contributed by atoms with Gasteiger partial charge < -0.3 is 10.6 Å². The Kier molecular flexibility index (Phi) is 3.39. The minimum Gasteiger partial charge on any atom is -0.370 e. The van der Waals surface area contributed by atoms with E-state index in [4.69, 9.17) is 5.73 Å². The van der Waals surface area contributed by atoms with Gasteiger partial charge in [0.05, 0.1) is 0 Å². The predicted molar refractivity (Wildman–Crippen MR) is 61.1 cm³/mol.